The van der Waals surface area contributed by atoms with Crippen molar-refractivity contribution < 1.29 is 19.1 Å². The standard InChI is InChI=1S/C29H40N4O4/c1-31(2)29(24-8-6-5-7-9-24)16-14-28(15-17-29)22-32(20-23-10-12-25(37-4)13-11-23)27(35)33(28)21-26(34)30-18-19-36-3/h5-13H,14-22H2,1-4H3,(H,30,34). The average Bonchev–Trinajstić information content (AvgIpc) is 3.15. The molecule has 8 nitrogen and oxygen atoms in total. The van der Waals surface area contributed by atoms with E-state index in [0.29, 0.717) is 26.2 Å². The van der Waals surface area contributed by atoms with E-state index in [1.807, 2.05) is 40.1 Å². The molecule has 0 bridgehead atoms. The second kappa shape index (κ2) is 11.5. The van der Waals surface area contributed by atoms with Gasteiger partial charge < -0.3 is 24.6 Å². The van der Waals surface area contributed by atoms with Gasteiger partial charge in [0.1, 0.15) is 12.3 Å². The predicted octanol–water partition coefficient (Wildman–Crippen LogP) is 3.47. The van der Waals surface area contributed by atoms with Gasteiger partial charge in [-0.15, -0.1) is 0 Å². The van der Waals surface area contributed by atoms with Crippen LogP contribution in [-0.4, -0.2) is 86.7 Å². The Hall–Kier alpha value is -3.10. The molecular weight excluding hydrogens is 468 g/mol. The van der Waals surface area contributed by atoms with Crippen LogP contribution in [0.2, 0.25) is 0 Å². The highest BCUT2D eigenvalue weighted by atomic mass is 16.5. The highest BCUT2D eigenvalue weighted by Gasteiger charge is 2.54. The van der Waals surface area contributed by atoms with Gasteiger partial charge in [-0.05, 0) is 63.0 Å². The smallest absolute Gasteiger partial charge is 0.321 e. The van der Waals surface area contributed by atoms with E-state index in [-0.39, 0.29) is 29.6 Å². The number of hydrogen-bond donors (Lipinski definition) is 1. The second-order valence-corrected chi connectivity index (χ2v) is 10.4. The van der Waals surface area contributed by atoms with Gasteiger partial charge in [0.25, 0.3) is 0 Å². The van der Waals surface area contributed by atoms with Crippen molar-refractivity contribution in [1.82, 2.24) is 20.0 Å². The summed E-state index contributed by atoms with van der Waals surface area (Å²) in [5.74, 6) is 0.638. The number of urea groups is 1. The van der Waals surface area contributed by atoms with Crippen molar-refractivity contribution in [1.29, 1.82) is 0 Å². The van der Waals surface area contributed by atoms with Crippen molar-refractivity contribution in [3.05, 3.63) is 65.7 Å². The van der Waals surface area contributed by atoms with Gasteiger partial charge in [0.05, 0.1) is 19.3 Å². The third kappa shape index (κ3) is 5.60. The van der Waals surface area contributed by atoms with Crippen LogP contribution in [0.1, 0.15) is 36.8 Å². The average molecular weight is 509 g/mol. The van der Waals surface area contributed by atoms with E-state index in [2.05, 4.69) is 48.6 Å². The summed E-state index contributed by atoms with van der Waals surface area (Å²) in [7, 11) is 7.53. The van der Waals surface area contributed by atoms with E-state index >= 15 is 0 Å². The number of benzene rings is 2. The number of ether oxygens (including phenoxy) is 2. The molecule has 37 heavy (non-hydrogen) atoms. The molecule has 2 aromatic rings. The van der Waals surface area contributed by atoms with Gasteiger partial charge in [0, 0.05) is 32.3 Å². The molecular formula is C29H40N4O4. The van der Waals surface area contributed by atoms with Gasteiger partial charge in [0.2, 0.25) is 5.91 Å². The number of rotatable bonds is 10. The molecule has 0 aromatic heterocycles. The van der Waals surface area contributed by atoms with Crippen LogP contribution in [0.15, 0.2) is 54.6 Å². The molecule has 1 aliphatic carbocycles. The van der Waals surface area contributed by atoms with Gasteiger partial charge in [-0.1, -0.05) is 42.5 Å². The molecule has 1 N–H and O–H groups in total. The molecule has 1 saturated carbocycles. The first-order valence-electron chi connectivity index (χ1n) is 13.0. The van der Waals surface area contributed by atoms with Gasteiger partial charge in [-0.3, -0.25) is 9.69 Å². The summed E-state index contributed by atoms with van der Waals surface area (Å²) >= 11 is 0. The first-order valence-corrected chi connectivity index (χ1v) is 13.0. The summed E-state index contributed by atoms with van der Waals surface area (Å²) in [4.78, 5) is 32.6. The molecule has 200 valence electrons. The van der Waals surface area contributed by atoms with Crippen molar-refractivity contribution in [3.8, 4) is 5.75 Å². The molecule has 1 heterocycles. The normalized spacial score (nSPS) is 23.6. The molecule has 1 saturated heterocycles. The molecule has 2 aromatic carbocycles. The lowest BCUT2D eigenvalue weighted by Crippen LogP contribution is -2.57. The Morgan fingerprint density at radius 2 is 1.68 bits per heavy atom. The molecule has 0 radical (unpaired) electrons. The minimum Gasteiger partial charge on any atom is -0.497 e. The zero-order valence-corrected chi connectivity index (χ0v) is 22.5. The molecule has 0 atom stereocenters. The Morgan fingerprint density at radius 3 is 2.27 bits per heavy atom. The largest absolute Gasteiger partial charge is 0.497 e. The van der Waals surface area contributed by atoms with E-state index in [0.717, 1.165) is 37.0 Å². The molecule has 1 spiro atoms. The number of hydrogen-bond acceptors (Lipinski definition) is 5. The lowest BCUT2D eigenvalue weighted by molar-refractivity contribution is -0.123. The van der Waals surface area contributed by atoms with Crippen molar-refractivity contribution >= 4 is 11.9 Å². The fourth-order valence-corrected chi connectivity index (χ4v) is 5.98. The Kier molecular flexibility index (Phi) is 8.39. The van der Waals surface area contributed by atoms with E-state index in [1.54, 1.807) is 14.2 Å². The van der Waals surface area contributed by atoms with Crippen LogP contribution in [0.25, 0.3) is 0 Å². The molecule has 8 heteroatoms. The minimum atomic E-state index is -0.379. The number of nitrogens with zero attached hydrogens (tertiary/aromatic N) is 3. The minimum absolute atomic E-state index is 0.0575. The number of carbonyl (C=O) groups excluding carboxylic acids is 2. The van der Waals surface area contributed by atoms with Crippen molar-refractivity contribution in [2.24, 2.45) is 0 Å². The highest BCUT2D eigenvalue weighted by molar-refractivity contribution is 5.86. The second-order valence-electron chi connectivity index (χ2n) is 10.4. The van der Waals surface area contributed by atoms with Crippen LogP contribution >= 0.6 is 0 Å². The van der Waals surface area contributed by atoms with Crippen molar-refractivity contribution in [2.45, 2.75) is 43.3 Å². The maximum atomic E-state index is 13.7. The van der Waals surface area contributed by atoms with Gasteiger partial charge in [-0.2, -0.15) is 0 Å². The van der Waals surface area contributed by atoms with Gasteiger partial charge >= 0.3 is 6.03 Å². The molecule has 2 aliphatic rings. The summed E-state index contributed by atoms with van der Waals surface area (Å²) in [6, 6.07) is 18.4. The Bertz CT molecular complexity index is 1050. The molecule has 2 fully saturated rings. The number of carbonyl (C=O) groups is 2. The summed E-state index contributed by atoms with van der Waals surface area (Å²) in [6.45, 7) is 2.04. The number of nitrogens with one attached hydrogen (secondary N) is 1. The van der Waals surface area contributed by atoms with Crippen LogP contribution in [0.3, 0.4) is 0 Å². The topological polar surface area (TPSA) is 74.3 Å². The monoisotopic (exact) mass is 508 g/mol. The highest BCUT2D eigenvalue weighted by Crippen LogP contribution is 2.49. The summed E-state index contributed by atoms with van der Waals surface area (Å²) in [5.41, 5.74) is 1.87. The molecule has 4 rings (SSSR count). The molecule has 0 unspecified atom stereocenters. The van der Waals surface area contributed by atoms with E-state index in [4.69, 9.17) is 9.47 Å². The van der Waals surface area contributed by atoms with Gasteiger partial charge in [-0.25, -0.2) is 4.79 Å². The van der Waals surface area contributed by atoms with Crippen LogP contribution in [-0.2, 0) is 21.6 Å². The SMILES string of the molecule is COCCNC(=O)CN1C(=O)N(Cc2ccc(OC)cc2)CC12CCC(c1ccccc1)(N(C)C)CC2. The third-order valence-electron chi connectivity index (χ3n) is 8.20. The third-order valence-corrected chi connectivity index (χ3v) is 8.20. The first-order chi connectivity index (χ1) is 17.8. The maximum absolute atomic E-state index is 13.7. The molecule has 3 amide bonds. The summed E-state index contributed by atoms with van der Waals surface area (Å²) in [6.07, 6.45) is 3.48. The van der Waals surface area contributed by atoms with Crippen molar-refractivity contribution in [2.75, 3.05) is 54.6 Å². The lowest BCUT2D eigenvalue weighted by Gasteiger charge is -2.50. The van der Waals surface area contributed by atoms with Crippen molar-refractivity contribution in [3.63, 3.8) is 0 Å². The fourth-order valence-electron chi connectivity index (χ4n) is 5.98. The van der Waals surface area contributed by atoms with Gasteiger partial charge in [0.15, 0.2) is 0 Å². The van der Waals surface area contributed by atoms with Crippen LogP contribution < -0.4 is 10.1 Å². The number of amides is 3. The number of methoxy groups -OCH3 is 2. The fraction of sp³-hybridized carbons (Fsp3) is 0.517. The maximum Gasteiger partial charge on any atom is 0.321 e. The zero-order chi connectivity index (χ0) is 26.5. The molecule has 1 aliphatic heterocycles. The first kappa shape index (κ1) is 26.9. The van der Waals surface area contributed by atoms with Crippen LogP contribution in [0, 0.1) is 0 Å². The van der Waals surface area contributed by atoms with E-state index < -0.39 is 0 Å². The van der Waals surface area contributed by atoms with Crippen LogP contribution in [0.4, 0.5) is 4.79 Å². The Balaban J connectivity index is 1.57. The predicted molar refractivity (Wildman–Crippen MR) is 143 cm³/mol. The Labute approximate surface area is 220 Å². The summed E-state index contributed by atoms with van der Waals surface area (Å²) in [5, 5.41) is 2.89. The zero-order valence-electron chi connectivity index (χ0n) is 22.5. The summed E-state index contributed by atoms with van der Waals surface area (Å²) < 4.78 is 10.3. The van der Waals surface area contributed by atoms with E-state index in [1.165, 1.54) is 5.56 Å². The Morgan fingerprint density at radius 1 is 1.00 bits per heavy atom. The lowest BCUT2D eigenvalue weighted by atomic mass is 9.68. The van der Waals surface area contributed by atoms with E-state index in [9.17, 15) is 9.59 Å². The van der Waals surface area contributed by atoms with Crippen LogP contribution in [0.5, 0.6) is 5.75 Å². The quantitative estimate of drug-likeness (QED) is 0.498.